The summed E-state index contributed by atoms with van der Waals surface area (Å²) in [4.78, 5) is 21.2. The Balaban J connectivity index is 1.93. The third-order valence-corrected chi connectivity index (χ3v) is 3.94. The minimum Gasteiger partial charge on any atom is -0.360 e. The summed E-state index contributed by atoms with van der Waals surface area (Å²) in [6, 6.07) is 1.65. The molecular formula is C14H18N6O3. The number of nitro groups is 1. The second-order valence-corrected chi connectivity index (χ2v) is 5.77. The molecule has 23 heavy (non-hydrogen) atoms. The van der Waals surface area contributed by atoms with Crippen molar-refractivity contribution in [2.45, 2.75) is 26.7 Å². The van der Waals surface area contributed by atoms with Crippen molar-refractivity contribution in [1.82, 2.24) is 15.1 Å². The Morgan fingerprint density at radius 2 is 2.13 bits per heavy atom. The number of nitrogens with zero attached hydrogens (tertiary/aromatic N) is 5. The summed E-state index contributed by atoms with van der Waals surface area (Å²) in [5, 5.41) is 18.2. The second-order valence-electron chi connectivity index (χ2n) is 5.77. The van der Waals surface area contributed by atoms with Crippen molar-refractivity contribution in [3.8, 4) is 0 Å². The van der Waals surface area contributed by atoms with Crippen molar-refractivity contribution in [2.75, 3.05) is 23.3 Å². The highest BCUT2D eigenvalue weighted by Gasteiger charge is 2.29. The molecule has 9 nitrogen and oxygen atoms in total. The number of aromatic nitrogens is 3. The normalized spacial score (nSPS) is 15.7. The molecule has 2 aromatic heterocycles. The number of rotatable bonds is 4. The van der Waals surface area contributed by atoms with Crippen LogP contribution in [0.5, 0.6) is 0 Å². The molecular weight excluding hydrogens is 300 g/mol. The highest BCUT2D eigenvalue weighted by molar-refractivity contribution is 5.73. The van der Waals surface area contributed by atoms with E-state index in [1.807, 2.05) is 4.90 Å². The van der Waals surface area contributed by atoms with Gasteiger partial charge in [-0.1, -0.05) is 12.1 Å². The molecule has 0 saturated carbocycles. The fourth-order valence-electron chi connectivity index (χ4n) is 2.63. The number of piperidine rings is 1. The first-order valence-electron chi connectivity index (χ1n) is 7.49. The lowest BCUT2D eigenvalue weighted by Crippen LogP contribution is -2.34. The number of hydrogen-bond donors (Lipinski definition) is 1. The Morgan fingerprint density at radius 3 is 2.74 bits per heavy atom. The van der Waals surface area contributed by atoms with Gasteiger partial charge in [-0.3, -0.25) is 10.1 Å². The Morgan fingerprint density at radius 1 is 1.39 bits per heavy atom. The molecule has 1 aliphatic heterocycles. The van der Waals surface area contributed by atoms with Crippen LogP contribution in [0.4, 0.5) is 23.1 Å². The second kappa shape index (κ2) is 6.19. The Labute approximate surface area is 132 Å². The van der Waals surface area contributed by atoms with Crippen molar-refractivity contribution in [3.63, 3.8) is 0 Å². The molecule has 1 saturated heterocycles. The van der Waals surface area contributed by atoms with Crippen molar-refractivity contribution in [3.05, 3.63) is 28.3 Å². The van der Waals surface area contributed by atoms with E-state index in [2.05, 4.69) is 27.4 Å². The topological polar surface area (TPSA) is 110 Å². The molecule has 0 atom stereocenters. The molecule has 9 heteroatoms. The molecule has 0 aliphatic carbocycles. The van der Waals surface area contributed by atoms with Crippen molar-refractivity contribution in [1.29, 1.82) is 0 Å². The van der Waals surface area contributed by atoms with Crippen LogP contribution in [-0.2, 0) is 0 Å². The summed E-state index contributed by atoms with van der Waals surface area (Å²) in [5.74, 6) is 2.08. The fourth-order valence-corrected chi connectivity index (χ4v) is 2.63. The van der Waals surface area contributed by atoms with Crippen LogP contribution in [0.25, 0.3) is 0 Å². The zero-order valence-electron chi connectivity index (χ0n) is 13.0. The third-order valence-electron chi connectivity index (χ3n) is 3.94. The summed E-state index contributed by atoms with van der Waals surface area (Å²) in [5.41, 5.74) is -0.136. The fraction of sp³-hybridized carbons (Fsp3) is 0.500. The van der Waals surface area contributed by atoms with Gasteiger partial charge in [-0.15, -0.1) is 0 Å². The third kappa shape index (κ3) is 3.22. The van der Waals surface area contributed by atoms with E-state index in [1.54, 1.807) is 13.0 Å². The van der Waals surface area contributed by atoms with E-state index >= 15 is 0 Å². The first-order valence-corrected chi connectivity index (χ1v) is 7.49. The quantitative estimate of drug-likeness (QED) is 0.676. The number of hydrogen-bond acceptors (Lipinski definition) is 8. The molecule has 1 aliphatic rings. The van der Waals surface area contributed by atoms with E-state index in [4.69, 9.17) is 4.52 Å². The molecule has 0 bridgehead atoms. The molecule has 1 fully saturated rings. The van der Waals surface area contributed by atoms with Gasteiger partial charge in [0.2, 0.25) is 11.6 Å². The highest BCUT2D eigenvalue weighted by atomic mass is 16.6. The summed E-state index contributed by atoms with van der Waals surface area (Å²) in [6.07, 6.45) is 3.31. The molecule has 0 radical (unpaired) electrons. The molecule has 3 rings (SSSR count). The zero-order valence-corrected chi connectivity index (χ0v) is 13.0. The zero-order chi connectivity index (χ0) is 16.4. The van der Waals surface area contributed by atoms with E-state index in [-0.39, 0.29) is 11.5 Å². The van der Waals surface area contributed by atoms with Gasteiger partial charge in [0, 0.05) is 19.2 Å². The first-order chi connectivity index (χ1) is 11.0. The van der Waals surface area contributed by atoms with Crippen LogP contribution in [0.1, 0.15) is 25.5 Å². The van der Waals surface area contributed by atoms with Gasteiger partial charge in [0.15, 0.2) is 5.82 Å². The Kier molecular flexibility index (Phi) is 4.09. The molecule has 2 aromatic rings. The lowest BCUT2D eigenvalue weighted by atomic mass is 9.99. The van der Waals surface area contributed by atoms with Gasteiger partial charge in [0.05, 0.1) is 4.92 Å². The summed E-state index contributed by atoms with van der Waals surface area (Å²) >= 11 is 0. The van der Waals surface area contributed by atoms with Gasteiger partial charge in [0.1, 0.15) is 12.1 Å². The number of anilines is 3. The maximum Gasteiger partial charge on any atom is 0.353 e. The minimum absolute atomic E-state index is 0.118. The predicted octanol–water partition coefficient (Wildman–Crippen LogP) is 2.66. The van der Waals surface area contributed by atoms with Crippen molar-refractivity contribution >= 4 is 23.1 Å². The summed E-state index contributed by atoms with van der Waals surface area (Å²) in [7, 11) is 0. The van der Waals surface area contributed by atoms with Crippen molar-refractivity contribution in [2.24, 2.45) is 5.92 Å². The van der Waals surface area contributed by atoms with E-state index in [0.717, 1.165) is 25.9 Å². The van der Waals surface area contributed by atoms with Gasteiger partial charge in [-0.2, -0.15) is 0 Å². The monoisotopic (exact) mass is 318 g/mol. The molecule has 0 unspecified atom stereocenters. The van der Waals surface area contributed by atoms with Gasteiger partial charge in [0.25, 0.3) is 0 Å². The average Bonchev–Trinajstić information content (AvgIpc) is 2.92. The molecule has 122 valence electrons. The van der Waals surface area contributed by atoms with E-state index < -0.39 is 4.92 Å². The molecule has 1 N–H and O–H groups in total. The SMILES string of the molecule is Cc1cc(Nc2ncnc(N3CCC(C)CC3)c2[N+](=O)[O-])no1. The van der Waals surface area contributed by atoms with Crippen LogP contribution in [-0.4, -0.2) is 33.1 Å². The van der Waals surface area contributed by atoms with Crippen LogP contribution < -0.4 is 10.2 Å². The smallest absolute Gasteiger partial charge is 0.353 e. The Bertz CT molecular complexity index is 708. The molecule has 0 aromatic carbocycles. The van der Waals surface area contributed by atoms with Gasteiger partial charge < -0.3 is 14.7 Å². The predicted molar refractivity (Wildman–Crippen MR) is 83.8 cm³/mol. The van der Waals surface area contributed by atoms with E-state index in [0.29, 0.717) is 23.3 Å². The van der Waals surface area contributed by atoms with Crippen LogP contribution in [0.15, 0.2) is 16.9 Å². The van der Waals surface area contributed by atoms with Gasteiger partial charge in [-0.05, 0) is 25.7 Å². The van der Waals surface area contributed by atoms with Crippen LogP contribution in [0.2, 0.25) is 0 Å². The molecule has 3 heterocycles. The van der Waals surface area contributed by atoms with Gasteiger partial charge in [-0.25, -0.2) is 9.97 Å². The summed E-state index contributed by atoms with van der Waals surface area (Å²) in [6.45, 7) is 5.43. The van der Waals surface area contributed by atoms with Gasteiger partial charge >= 0.3 is 5.69 Å². The maximum atomic E-state index is 11.6. The standard InChI is InChI=1S/C14H18N6O3/c1-9-3-5-19(6-4-9)14-12(20(21)22)13(15-8-16-14)17-11-7-10(2)23-18-11/h7-9H,3-6H2,1-2H3,(H,15,16,17,18). The lowest BCUT2D eigenvalue weighted by Gasteiger charge is -2.30. The highest BCUT2D eigenvalue weighted by Crippen LogP contribution is 2.35. The number of aryl methyl sites for hydroxylation is 1. The van der Waals surface area contributed by atoms with E-state index in [1.165, 1.54) is 6.33 Å². The van der Waals surface area contributed by atoms with Crippen molar-refractivity contribution < 1.29 is 9.45 Å². The Hall–Kier alpha value is -2.71. The minimum atomic E-state index is -0.456. The molecule has 0 amide bonds. The largest absolute Gasteiger partial charge is 0.360 e. The first kappa shape index (κ1) is 15.2. The average molecular weight is 318 g/mol. The number of nitrogens with one attached hydrogen (secondary N) is 1. The van der Waals surface area contributed by atoms with Crippen LogP contribution in [0, 0.1) is 23.0 Å². The van der Waals surface area contributed by atoms with Crippen LogP contribution in [0.3, 0.4) is 0 Å². The van der Waals surface area contributed by atoms with Crippen LogP contribution >= 0.6 is 0 Å². The molecule has 0 spiro atoms. The summed E-state index contributed by atoms with van der Waals surface area (Å²) < 4.78 is 4.96. The lowest BCUT2D eigenvalue weighted by molar-refractivity contribution is -0.383. The maximum absolute atomic E-state index is 11.6. The van der Waals surface area contributed by atoms with E-state index in [9.17, 15) is 10.1 Å².